The van der Waals surface area contributed by atoms with Crippen LogP contribution in [0.4, 0.5) is 5.69 Å². The van der Waals surface area contributed by atoms with E-state index in [1.165, 1.54) is 18.2 Å². The number of nitrogens with zero attached hydrogens (tertiary/aromatic N) is 2. The first kappa shape index (κ1) is 12.5. The van der Waals surface area contributed by atoms with E-state index in [1.807, 2.05) is 7.05 Å². The smallest absolute Gasteiger partial charge is 0.270 e. The predicted octanol–water partition coefficient (Wildman–Crippen LogP) is 1.03. The maximum absolute atomic E-state index is 12.2. The minimum atomic E-state index is -0.489. The highest BCUT2D eigenvalue weighted by Crippen LogP contribution is 2.17. The van der Waals surface area contributed by atoms with Gasteiger partial charge in [0.05, 0.1) is 4.92 Å². The third kappa shape index (κ3) is 2.48. The Morgan fingerprint density at radius 1 is 1.56 bits per heavy atom. The van der Waals surface area contributed by atoms with Crippen molar-refractivity contribution in [2.45, 2.75) is 12.5 Å². The van der Waals surface area contributed by atoms with Crippen molar-refractivity contribution in [3.63, 3.8) is 0 Å². The van der Waals surface area contributed by atoms with E-state index < -0.39 is 4.92 Å². The summed E-state index contributed by atoms with van der Waals surface area (Å²) in [4.78, 5) is 24.1. The van der Waals surface area contributed by atoms with Crippen molar-refractivity contribution >= 4 is 11.6 Å². The van der Waals surface area contributed by atoms with Crippen molar-refractivity contribution in [1.29, 1.82) is 0 Å². The van der Waals surface area contributed by atoms with Gasteiger partial charge in [-0.05, 0) is 19.5 Å². The third-order valence-electron chi connectivity index (χ3n) is 3.19. The molecule has 0 radical (unpaired) electrons. The Balaban J connectivity index is 2.14. The lowest BCUT2D eigenvalue weighted by Gasteiger charge is -2.16. The SMILES string of the molecule is CNC1CCN(C(=O)c2cccc([N+](=O)[O-])c2)C1. The summed E-state index contributed by atoms with van der Waals surface area (Å²) in [6.45, 7) is 1.34. The van der Waals surface area contributed by atoms with Crippen molar-refractivity contribution < 1.29 is 9.72 Å². The van der Waals surface area contributed by atoms with Crippen LogP contribution in [0.2, 0.25) is 0 Å². The monoisotopic (exact) mass is 249 g/mol. The Morgan fingerprint density at radius 2 is 2.33 bits per heavy atom. The molecule has 96 valence electrons. The van der Waals surface area contributed by atoms with Gasteiger partial charge in [0, 0.05) is 36.8 Å². The van der Waals surface area contributed by atoms with E-state index in [0.717, 1.165) is 6.42 Å². The zero-order valence-corrected chi connectivity index (χ0v) is 10.1. The van der Waals surface area contributed by atoms with Crippen LogP contribution in [-0.4, -0.2) is 41.9 Å². The largest absolute Gasteiger partial charge is 0.337 e. The molecule has 1 heterocycles. The number of nitro groups is 1. The number of carbonyl (C=O) groups excluding carboxylic acids is 1. The average Bonchev–Trinajstić information content (AvgIpc) is 2.86. The minimum absolute atomic E-state index is 0.0507. The van der Waals surface area contributed by atoms with Gasteiger partial charge in [0.15, 0.2) is 0 Å². The summed E-state index contributed by atoms with van der Waals surface area (Å²) in [7, 11) is 1.87. The summed E-state index contributed by atoms with van der Waals surface area (Å²) in [6, 6.07) is 6.18. The fourth-order valence-corrected chi connectivity index (χ4v) is 2.12. The number of carbonyl (C=O) groups is 1. The molecule has 1 aliphatic heterocycles. The van der Waals surface area contributed by atoms with Gasteiger partial charge in [-0.2, -0.15) is 0 Å². The summed E-state index contributed by atoms with van der Waals surface area (Å²) in [5, 5.41) is 13.8. The number of benzene rings is 1. The summed E-state index contributed by atoms with van der Waals surface area (Å²) in [5.74, 6) is -0.142. The molecule has 1 unspecified atom stereocenters. The van der Waals surface area contributed by atoms with Crippen LogP contribution in [0, 0.1) is 10.1 Å². The Kier molecular flexibility index (Phi) is 3.57. The van der Waals surface area contributed by atoms with Gasteiger partial charge >= 0.3 is 0 Å². The summed E-state index contributed by atoms with van der Waals surface area (Å²) in [6.07, 6.45) is 0.914. The van der Waals surface area contributed by atoms with Gasteiger partial charge in [0.2, 0.25) is 0 Å². The molecule has 0 saturated carbocycles. The van der Waals surface area contributed by atoms with Crippen molar-refractivity contribution in [2.75, 3.05) is 20.1 Å². The number of nitro benzene ring substituents is 1. The van der Waals surface area contributed by atoms with Gasteiger partial charge in [0.1, 0.15) is 0 Å². The number of likely N-dealkylation sites (N-methyl/N-ethyl adjacent to an activating group) is 1. The van der Waals surface area contributed by atoms with E-state index in [2.05, 4.69) is 5.32 Å². The molecule has 1 N–H and O–H groups in total. The van der Waals surface area contributed by atoms with Crippen LogP contribution < -0.4 is 5.32 Å². The van der Waals surface area contributed by atoms with Crippen LogP contribution in [-0.2, 0) is 0 Å². The quantitative estimate of drug-likeness (QED) is 0.641. The maximum atomic E-state index is 12.2. The lowest BCUT2D eigenvalue weighted by atomic mass is 10.2. The molecule has 1 fully saturated rings. The third-order valence-corrected chi connectivity index (χ3v) is 3.19. The van der Waals surface area contributed by atoms with E-state index in [4.69, 9.17) is 0 Å². The molecule has 18 heavy (non-hydrogen) atoms. The van der Waals surface area contributed by atoms with Crippen molar-refractivity contribution in [3.8, 4) is 0 Å². The normalized spacial score (nSPS) is 18.9. The number of hydrogen-bond donors (Lipinski definition) is 1. The molecule has 6 nitrogen and oxygen atoms in total. The first-order valence-electron chi connectivity index (χ1n) is 5.83. The fraction of sp³-hybridized carbons (Fsp3) is 0.417. The first-order chi connectivity index (χ1) is 8.61. The fourth-order valence-electron chi connectivity index (χ4n) is 2.12. The van der Waals surface area contributed by atoms with Gasteiger partial charge in [-0.25, -0.2) is 0 Å². The number of non-ortho nitro benzene ring substituents is 1. The Labute approximate surface area is 105 Å². The molecule has 6 heteroatoms. The number of likely N-dealkylation sites (tertiary alicyclic amines) is 1. The second-order valence-corrected chi connectivity index (χ2v) is 4.33. The van der Waals surface area contributed by atoms with Gasteiger partial charge < -0.3 is 10.2 Å². The number of amides is 1. The molecular weight excluding hydrogens is 234 g/mol. The summed E-state index contributed by atoms with van der Waals surface area (Å²) < 4.78 is 0. The molecular formula is C12H15N3O3. The molecule has 2 rings (SSSR count). The Morgan fingerprint density at radius 3 is 2.94 bits per heavy atom. The first-order valence-corrected chi connectivity index (χ1v) is 5.83. The lowest BCUT2D eigenvalue weighted by Crippen LogP contribution is -2.33. The molecule has 1 atom stereocenters. The van der Waals surface area contributed by atoms with Crippen LogP contribution in [0.1, 0.15) is 16.8 Å². The van der Waals surface area contributed by atoms with Crippen molar-refractivity contribution in [3.05, 3.63) is 39.9 Å². The predicted molar refractivity (Wildman–Crippen MR) is 66.5 cm³/mol. The molecule has 1 aromatic carbocycles. The zero-order chi connectivity index (χ0) is 13.1. The second kappa shape index (κ2) is 5.14. The molecule has 0 aromatic heterocycles. The van der Waals surface area contributed by atoms with Crippen molar-refractivity contribution in [1.82, 2.24) is 10.2 Å². The van der Waals surface area contributed by atoms with E-state index in [9.17, 15) is 14.9 Å². The number of rotatable bonds is 3. The lowest BCUT2D eigenvalue weighted by molar-refractivity contribution is -0.384. The highest BCUT2D eigenvalue weighted by atomic mass is 16.6. The average molecular weight is 249 g/mol. The van der Waals surface area contributed by atoms with E-state index >= 15 is 0 Å². The minimum Gasteiger partial charge on any atom is -0.337 e. The summed E-state index contributed by atoms with van der Waals surface area (Å²) in [5.41, 5.74) is 0.325. The van der Waals surface area contributed by atoms with E-state index in [0.29, 0.717) is 24.7 Å². The Hall–Kier alpha value is -1.95. The van der Waals surface area contributed by atoms with Crippen LogP contribution in [0.3, 0.4) is 0 Å². The van der Waals surface area contributed by atoms with Gasteiger partial charge in [0.25, 0.3) is 11.6 Å². The zero-order valence-electron chi connectivity index (χ0n) is 10.1. The number of nitrogens with one attached hydrogen (secondary N) is 1. The van der Waals surface area contributed by atoms with Crippen molar-refractivity contribution in [2.24, 2.45) is 0 Å². The van der Waals surface area contributed by atoms with Crippen LogP contribution >= 0.6 is 0 Å². The van der Waals surface area contributed by atoms with Gasteiger partial charge in [-0.3, -0.25) is 14.9 Å². The molecule has 0 spiro atoms. The van der Waals surface area contributed by atoms with Crippen LogP contribution in [0.5, 0.6) is 0 Å². The number of hydrogen-bond acceptors (Lipinski definition) is 4. The molecule has 1 saturated heterocycles. The standard InChI is InChI=1S/C12H15N3O3/c1-13-10-5-6-14(8-10)12(16)9-3-2-4-11(7-9)15(17)18/h2-4,7,10,13H,5-6,8H2,1H3. The second-order valence-electron chi connectivity index (χ2n) is 4.33. The molecule has 1 aliphatic rings. The molecule has 1 aromatic rings. The molecule has 0 aliphatic carbocycles. The molecule has 1 amide bonds. The molecule has 0 bridgehead atoms. The summed E-state index contributed by atoms with van der Waals surface area (Å²) >= 11 is 0. The van der Waals surface area contributed by atoms with E-state index in [1.54, 1.807) is 11.0 Å². The maximum Gasteiger partial charge on any atom is 0.270 e. The highest BCUT2D eigenvalue weighted by Gasteiger charge is 2.26. The topological polar surface area (TPSA) is 75.5 Å². The van der Waals surface area contributed by atoms with E-state index in [-0.39, 0.29) is 11.6 Å². The van der Waals surface area contributed by atoms with Gasteiger partial charge in [-0.15, -0.1) is 0 Å². The Bertz CT molecular complexity index is 475. The highest BCUT2D eigenvalue weighted by molar-refractivity contribution is 5.95. The van der Waals surface area contributed by atoms with Gasteiger partial charge in [-0.1, -0.05) is 6.07 Å². The van der Waals surface area contributed by atoms with Crippen LogP contribution in [0.15, 0.2) is 24.3 Å². The van der Waals surface area contributed by atoms with Crippen LogP contribution in [0.25, 0.3) is 0 Å².